The number of carbonyl (C=O) groups excluding carboxylic acids is 2. The summed E-state index contributed by atoms with van der Waals surface area (Å²) in [5.41, 5.74) is -1.66. The SMILES string of the molecule is CC(C)(NS(=O)(=O)c1ccccc1Cl)C(=O)CC1C2CC3CC1CC(C(=O)NCCO)(C3)C2. The fraction of sp³-hybridized carbons (Fsp3) is 0.667. The Labute approximate surface area is 200 Å². The molecule has 182 valence electrons. The third-order valence-electron chi connectivity index (χ3n) is 7.98. The molecule has 9 heteroatoms. The van der Waals surface area contributed by atoms with E-state index in [4.69, 9.17) is 16.7 Å². The molecule has 4 bridgehead atoms. The van der Waals surface area contributed by atoms with E-state index < -0.39 is 15.6 Å². The first-order chi connectivity index (χ1) is 15.5. The second-order valence-electron chi connectivity index (χ2n) is 10.7. The van der Waals surface area contributed by atoms with Crippen LogP contribution in [0.2, 0.25) is 5.02 Å². The van der Waals surface area contributed by atoms with Gasteiger partial charge in [-0.25, -0.2) is 8.42 Å². The summed E-state index contributed by atoms with van der Waals surface area (Å²) in [7, 11) is -3.96. The molecule has 4 aliphatic rings. The molecule has 7 nitrogen and oxygen atoms in total. The van der Waals surface area contributed by atoms with Crippen LogP contribution in [0.25, 0.3) is 0 Å². The van der Waals surface area contributed by atoms with E-state index in [0.29, 0.717) is 12.3 Å². The second kappa shape index (κ2) is 8.95. The molecule has 1 amide bonds. The van der Waals surface area contributed by atoms with Crippen molar-refractivity contribution in [2.24, 2.45) is 29.1 Å². The Kier molecular flexibility index (Phi) is 6.68. The molecule has 4 fully saturated rings. The lowest BCUT2D eigenvalue weighted by Crippen LogP contribution is -2.58. The molecule has 2 atom stereocenters. The van der Waals surface area contributed by atoms with Crippen molar-refractivity contribution in [3.8, 4) is 0 Å². The quantitative estimate of drug-likeness (QED) is 0.486. The van der Waals surface area contributed by atoms with Gasteiger partial charge in [0.1, 0.15) is 4.90 Å². The van der Waals surface area contributed by atoms with Gasteiger partial charge < -0.3 is 10.4 Å². The van der Waals surface area contributed by atoms with Crippen LogP contribution >= 0.6 is 11.6 Å². The Hall–Kier alpha value is -1.48. The molecule has 1 aromatic rings. The Balaban J connectivity index is 1.46. The average Bonchev–Trinajstić information content (AvgIpc) is 2.73. The third kappa shape index (κ3) is 4.72. The highest BCUT2D eigenvalue weighted by Crippen LogP contribution is 2.63. The van der Waals surface area contributed by atoms with E-state index in [1.807, 2.05) is 0 Å². The zero-order chi connectivity index (χ0) is 24.0. The first-order valence-corrected chi connectivity index (χ1v) is 13.5. The van der Waals surface area contributed by atoms with Gasteiger partial charge in [-0.15, -0.1) is 0 Å². The van der Waals surface area contributed by atoms with Crippen molar-refractivity contribution in [2.45, 2.75) is 62.8 Å². The number of aliphatic hydroxyl groups is 1. The predicted molar refractivity (Wildman–Crippen MR) is 125 cm³/mol. The van der Waals surface area contributed by atoms with E-state index in [2.05, 4.69) is 10.0 Å². The van der Waals surface area contributed by atoms with Crippen molar-refractivity contribution in [1.29, 1.82) is 0 Å². The first kappa shape index (κ1) is 24.6. The highest BCUT2D eigenvalue weighted by Gasteiger charge is 2.58. The summed E-state index contributed by atoms with van der Waals surface area (Å²) in [5.74, 6) is 1.13. The van der Waals surface area contributed by atoms with Gasteiger partial charge in [-0.05, 0) is 81.8 Å². The number of ketones is 1. The lowest BCUT2D eigenvalue weighted by atomic mass is 9.45. The van der Waals surface area contributed by atoms with Crippen molar-refractivity contribution in [1.82, 2.24) is 10.0 Å². The van der Waals surface area contributed by atoms with E-state index >= 15 is 0 Å². The lowest BCUT2D eigenvalue weighted by molar-refractivity contribution is -0.155. The monoisotopic (exact) mass is 496 g/mol. The zero-order valence-electron chi connectivity index (χ0n) is 19.1. The van der Waals surface area contributed by atoms with Gasteiger partial charge in [0, 0.05) is 18.4 Å². The number of benzene rings is 1. The number of amides is 1. The van der Waals surface area contributed by atoms with Crippen molar-refractivity contribution in [2.75, 3.05) is 13.2 Å². The molecular formula is C24H33ClN2O5S. The molecule has 2 unspecified atom stereocenters. The molecule has 0 saturated heterocycles. The number of nitrogens with one attached hydrogen (secondary N) is 2. The molecule has 0 spiro atoms. The predicted octanol–water partition coefficient (Wildman–Crippen LogP) is 2.91. The first-order valence-electron chi connectivity index (χ1n) is 11.7. The Bertz CT molecular complexity index is 1030. The number of carbonyl (C=O) groups is 2. The maximum atomic E-state index is 13.3. The summed E-state index contributed by atoms with van der Waals surface area (Å²) in [6, 6.07) is 6.17. The van der Waals surface area contributed by atoms with Gasteiger partial charge in [0.25, 0.3) is 0 Å². The van der Waals surface area contributed by atoms with E-state index in [9.17, 15) is 18.0 Å². The van der Waals surface area contributed by atoms with E-state index in [0.717, 1.165) is 32.1 Å². The number of halogens is 1. The molecule has 4 aliphatic carbocycles. The Morgan fingerprint density at radius 2 is 1.79 bits per heavy atom. The topological polar surface area (TPSA) is 113 Å². The summed E-state index contributed by atoms with van der Waals surface area (Å²) in [4.78, 5) is 26.2. The largest absolute Gasteiger partial charge is 0.395 e. The van der Waals surface area contributed by atoms with Gasteiger partial charge in [0.05, 0.1) is 17.2 Å². The van der Waals surface area contributed by atoms with E-state index in [1.54, 1.807) is 26.0 Å². The zero-order valence-corrected chi connectivity index (χ0v) is 20.7. The van der Waals surface area contributed by atoms with Gasteiger partial charge in [0.15, 0.2) is 5.78 Å². The highest BCUT2D eigenvalue weighted by atomic mass is 35.5. The van der Waals surface area contributed by atoms with Gasteiger partial charge in [0.2, 0.25) is 15.9 Å². The Morgan fingerprint density at radius 3 is 2.39 bits per heavy atom. The van der Waals surface area contributed by atoms with Gasteiger partial charge in [-0.1, -0.05) is 23.7 Å². The van der Waals surface area contributed by atoms with Crippen LogP contribution in [0.5, 0.6) is 0 Å². The van der Waals surface area contributed by atoms with Gasteiger partial charge in [-0.2, -0.15) is 4.72 Å². The molecular weight excluding hydrogens is 464 g/mol. The van der Waals surface area contributed by atoms with Crippen LogP contribution in [-0.2, 0) is 19.6 Å². The molecule has 0 heterocycles. The lowest BCUT2D eigenvalue weighted by Gasteiger charge is -2.59. The van der Waals surface area contributed by atoms with Crippen LogP contribution in [0.1, 0.15) is 52.4 Å². The maximum absolute atomic E-state index is 13.3. The van der Waals surface area contributed by atoms with E-state index in [-0.39, 0.29) is 57.9 Å². The minimum absolute atomic E-state index is 0.0357. The minimum atomic E-state index is -3.96. The molecule has 4 saturated carbocycles. The molecule has 1 aromatic carbocycles. The fourth-order valence-corrected chi connectivity index (χ4v) is 8.60. The molecule has 33 heavy (non-hydrogen) atoms. The van der Waals surface area contributed by atoms with Crippen LogP contribution in [0.4, 0.5) is 0 Å². The highest BCUT2D eigenvalue weighted by molar-refractivity contribution is 7.89. The summed E-state index contributed by atoms with van der Waals surface area (Å²) < 4.78 is 28.4. The summed E-state index contributed by atoms with van der Waals surface area (Å²) in [5, 5.41) is 12.1. The van der Waals surface area contributed by atoms with Crippen molar-refractivity contribution in [3.05, 3.63) is 29.3 Å². The maximum Gasteiger partial charge on any atom is 0.242 e. The van der Waals surface area contributed by atoms with Gasteiger partial charge in [-0.3, -0.25) is 9.59 Å². The normalized spacial score (nSPS) is 30.9. The molecule has 0 radical (unpaired) electrons. The van der Waals surface area contributed by atoms with Crippen LogP contribution in [-0.4, -0.2) is 43.9 Å². The Morgan fingerprint density at radius 1 is 1.15 bits per heavy atom. The van der Waals surface area contributed by atoms with Crippen molar-refractivity contribution < 1.29 is 23.1 Å². The number of sulfonamides is 1. The fourth-order valence-electron chi connectivity index (χ4n) is 6.68. The number of hydrogen-bond acceptors (Lipinski definition) is 5. The third-order valence-corrected chi connectivity index (χ3v) is 10.1. The molecule has 0 aliphatic heterocycles. The molecule has 5 rings (SSSR count). The van der Waals surface area contributed by atoms with Crippen LogP contribution in [0, 0.1) is 29.1 Å². The number of rotatable bonds is 9. The standard InChI is InChI=1S/C24H33ClN2O5S/c1-23(2,27-33(31,32)20-6-4-3-5-19(20)25)21(29)11-18-16-9-15-10-17(18)14-24(12-15,13-16)22(30)26-7-8-28/h3-6,15-18,27-28H,7-14H2,1-2H3,(H,26,30). The smallest absolute Gasteiger partial charge is 0.242 e. The van der Waals surface area contributed by atoms with Gasteiger partial charge >= 0.3 is 0 Å². The molecule has 3 N–H and O–H groups in total. The van der Waals surface area contributed by atoms with Crippen LogP contribution < -0.4 is 10.0 Å². The number of hydrogen-bond donors (Lipinski definition) is 3. The van der Waals surface area contributed by atoms with Crippen molar-refractivity contribution >= 4 is 33.3 Å². The van der Waals surface area contributed by atoms with Crippen molar-refractivity contribution in [3.63, 3.8) is 0 Å². The summed E-state index contributed by atoms with van der Waals surface area (Å²) in [6.07, 6.45) is 4.77. The number of Topliss-reactive ketones (excluding diaryl/α,β-unsaturated/α-hetero) is 1. The number of aliphatic hydroxyl groups excluding tert-OH is 1. The van der Waals surface area contributed by atoms with E-state index in [1.165, 1.54) is 12.1 Å². The minimum Gasteiger partial charge on any atom is -0.395 e. The molecule has 0 aromatic heterocycles. The second-order valence-corrected chi connectivity index (χ2v) is 12.7. The summed E-state index contributed by atoms with van der Waals surface area (Å²) in [6.45, 7) is 3.39. The van der Waals surface area contributed by atoms with Crippen LogP contribution in [0.3, 0.4) is 0 Å². The average molecular weight is 497 g/mol. The van der Waals surface area contributed by atoms with Crippen LogP contribution in [0.15, 0.2) is 29.2 Å². The summed E-state index contributed by atoms with van der Waals surface area (Å²) >= 11 is 6.07.